The lowest BCUT2D eigenvalue weighted by molar-refractivity contribution is -0.385. The first kappa shape index (κ1) is 19.0. The van der Waals surface area contributed by atoms with Crippen molar-refractivity contribution in [2.45, 2.75) is 45.4 Å². The Morgan fingerprint density at radius 1 is 1.19 bits per heavy atom. The number of carbonyl (C=O) groups is 2. The highest BCUT2D eigenvalue weighted by atomic mass is 32.1. The van der Waals surface area contributed by atoms with Gasteiger partial charge in [-0.3, -0.25) is 19.7 Å². The van der Waals surface area contributed by atoms with Crippen LogP contribution in [-0.4, -0.2) is 16.7 Å². The molecule has 0 unspecified atom stereocenters. The van der Waals surface area contributed by atoms with E-state index in [1.807, 2.05) is 0 Å². The van der Waals surface area contributed by atoms with Crippen LogP contribution in [-0.2, 0) is 12.8 Å². The largest absolute Gasteiger partial charge is 0.365 e. The Morgan fingerprint density at radius 3 is 2.56 bits per heavy atom. The van der Waals surface area contributed by atoms with Gasteiger partial charge < -0.3 is 11.1 Å². The molecule has 142 valence electrons. The van der Waals surface area contributed by atoms with E-state index in [1.54, 1.807) is 0 Å². The van der Waals surface area contributed by atoms with Crippen LogP contribution in [0.1, 0.15) is 62.4 Å². The first-order chi connectivity index (χ1) is 12.9. The molecule has 0 atom stereocenters. The Hall–Kier alpha value is -2.74. The number of thiophene rings is 1. The number of hydrogen-bond acceptors (Lipinski definition) is 5. The number of hydrogen-bond donors (Lipinski definition) is 2. The van der Waals surface area contributed by atoms with Crippen molar-refractivity contribution >= 4 is 33.8 Å². The summed E-state index contributed by atoms with van der Waals surface area (Å²) in [5, 5.41) is 14.3. The van der Waals surface area contributed by atoms with E-state index in [4.69, 9.17) is 5.73 Å². The van der Waals surface area contributed by atoms with Gasteiger partial charge in [0.25, 0.3) is 17.5 Å². The SMILES string of the molecule is Cc1c(C(=O)Nc2sc3c(c2C(N)=O)CCCCCC3)cccc1[N+](=O)[O-]. The second-order valence-electron chi connectivity index (χ2n) is 6.65. The lowest BCUT2D eigenvalue weighted by Crippen LogP contribution is -2.19. The van der Waals surface area contributed by atoms with Crippen LogP contribution in [0.15, 0.2) is 18.2 Å². The average Bonchev–Trinajstić information content (AvgIpc) is 2.91. The van der Waals surface area contributed by atoms with Crippen molar-refractivity contribution in [2.24, 2.45) is 5.73 Å². The number of aryl methyl sites for hydroxylation is 1. The second kappa shape index (κ2) is 7.87. The number of carbonyl (C=O) groups excluding carboxylic acids is 2. The molecule has 3 N–H and O–H groups in total. The predicted octanol–water partition coefficient (Wildman–Crippen LogP) is 3.97. The zero-order valence-electron chi connectivity index (χ0n) is 15.0. The molecule has 0 fully saturated rings. The normalized spacial score (nSPS) is 14.0. The van der Waals surface area contributed by atoms with Crippen molar-refractivity contribution in [2.75, 3.05) is 5.32 Å². The fraction of sp³-hybridized carbons (Fsp3) is 0.368. The fourth-order valence-electron chi connectivity index (χ4n) is 3.51. The number of nitro groups is 1. The van der Waals surface area contributed by atoms with Gasteiger partial charge in [-0.15, -0.1) is 11.3 Å². The molecule has 1 aliphatic rings. The number of nitrogens with two attached hydrogens (primary N) is 1. The predicted molar refractivity (Wildman–Crippen MR) is 104 cm³/mol. The van der Waals surface area contributed by atoms with E-state index in [2.05, 4.69) is 5.32 Å². The van der Waals surface area contributed by atoms with Gasteiger partial charge in [-0.1, -0.05) is 18.9 Å². The lowest BCUT2D eigenvalue weighted by atomic mass is 9.96. The minimum atomic E-state index is -0.556. The Morgan fingerprint density at radius 2 is 1.89 bits per heavy atom. The van der Waals surface area contributed by atoms with Crippen LogP contribution < -0.4 is 11.1 Å². The zero-order chi connectivity index (χ0) is 19.6. The van der Waals surface area contributed by atoms with Crippen molar-refractivity contribution in [1.29, 1.82) is 0 Å². The van der Waals surface area contributed by atoms with Gasteiger partial charge in [0.15, 0.2) is 0 Å². The third kappa shape index (κ3) is 3.85. The minimum absolute atomic E-state index is 0.115. The summed E-state index contributed by atoms with van der Waals surface area (Å²) < 4.78 is 0. The number of amides is 2. The summed E-state index contributed by atoms with van der Waals surface area (Å²) in [6, 6.07) is 4.37. The maximum absolute atomic E-state index is 12.8. The first-order valence-corrected chi connectivity index (χ1v) is 9.71. The van der Waals surface area contributed by atoms with Crippen molar-refractivity contribution in [3.63, 3.8) is 0 Å². The summed E-state index contributed by atoms with van der Waals surface area (Å²) in [6.45, 7) is 1.54. The van der Waals surface area contributed by atoms with E-state index < -0.39 is 16.7 Å². The summed E-state index contributed by atoms with van der Waals surface area (Å²) in [6.07, 6.45) is 5.94. The van der Waals surface area contributed by atoms with E-state index in [0.29, 0.717) is 10.6 Å². The van der Waals surface area contributed by atoms with Crippen molar-refractivity contribution in [3.05, 3.63) is 55.4 Å². The van der Waals surface area contributed by atoms with Gasteiger partial charge in [0.1, 0.15) is 5.00 Å². The summed E-state index contributed by atoms with van der Waals surface area (Å²) in [5.41, 5.74) is 7.32. The molecule has 7 nitrogen and oxygen atoms in total. The van der Waals surface area contributed by atoms with Gasteiger partial charge in [0.2, 0.25) is 0 Å². The molecule has 27 heavy (non-hydrogen) atoms. The highest BCUT2D eigenvalue weighted by Gasteiger charge is 2.25. The van der Waals surface area contributed by atoms with Crippen LogP contribution in [0.4, 0.5) is 10.7 Å². The van der Waals surface area contributed by atoms with Crippen LogP contribution in [0.3, 0.4) is 0 Å². The number of nitro benzene ring substituents is 1. The lowest BCUT2D eigenvalue weighted by Gasteiger charge is -2.10. The molecule has 0 spiro atoms. The highest BCUT2D eigenvalue weighted by molar-refractivity contribution is 7.17. The molecule has 3 rings (SSSR count). The first-order valence-electron chi connectivity index (χ1n) is 8.90. The van der Waals surface area contributed by atoms with Crippen LogP contribution in [0.5, 0.6) is 0 Å². The number of rotatable bonds is 4. The van der Waals surface area contributed by atoms with E-state index in [0.717, 1.165) is 49.0 Å². The molecule has 1 heterocycles. The van der Waals surface area contributed by atoms with Crippen LogP contribution in [0.2, 0.25) is 0 Å². The van der Waals surface area contributed by atoms with Crippen molar-refractivity contribution in [3.8, 4) is 0 Å². The molecular formula is C19H21N3O4S. The Bertz CT molecular complexity index is 920. The molecular weight excluding hydrogens is 366 g/mol. The molecule has 2 aromatic rings. The molecule has 0 radical (unpaired) electrons. The monoisotopic (exact) mass is 387 g/mol. The molecule has 1 aromatic carbocycles. The summed E-state index contributed by atoms with van der Waals surface area (Å²) in [5.74, 6) is -1.04. The molecule has 1 aliphatic carbocycles. The van der Waals surface area contributed by atoms with E-state index >= 15 is 0 Å². The van der Waals surface area contributed by atoms with Gasteiger partial charge in [0, 0.05) is 22.1 Å². The molecule has 1 aromatic heterocycles. The van der Waals surface area contributed by atoms with Gasteiger partial charge in [-0.25, -0.2) is 0 Å². The quantitative estimate of drug-likeness (QED) is 0.610. The van der Waals surface area contributed by atoms with Gasteiger partial charge in [-0.05, 0) is 44.2 Å². The van der Waals surface area contributed by atoms with Crippen molar-refractivity contribution in [1.82, 2.24) is 0 Å². The smallest absolute Gasteiger partial charge is 0.273 e. The maximum Gasteiger partial charge on any atom is 0.273 e. The topological polar surface area (TPSA) is 115 Å². The number of nitrogens with zero attached hydrogens (tertiary/aromatic N) is 1. The van der Waals surface area contributed by atoms with Crippen LogP contribution >= 0.6 is 11.3 Å². The molecule has 0 saturated carbocycles. The Labute approximate surface area is 160 Å². The third-order valence-corrected chi connectivity index (χ3v) is 6.10. The third-order valence-electron chi connectivity index (χ3n) is 4.89. The fourth-order valence-corrected chi connectivity index (χ4v) is 4.80. The Balaban J connectivity index is 1.97. The van der Waals surface area contributed by atoms with Gasteiger partial charge in [0.05, 0.1) is 10.5 Å². The van der Waals surface area contributed by atoms with Crippen molar-refractivity contribution < 1.29 is 14.5 Å². The molecule has 0 saturated heterocycles. The summed E-state index contributed by atoms with van der Waals surface area (Å²) in [7, 11) is 0. The highest BCUT2D eigenvalue weighted by Crippen LogP contribution is 2.37. The average molecular weight is 387 g/mol. The summed E-state index contributed by atoms with van der Waals surface area (Å²) >= 11 is 1.39. The van der Waals surface area contributed by atoms with Crippen LogP contribution in [0, 0.1) is 17.0 Å². The minimum Gasteiger partial charge on any atom is -0.365 e. The Kier molecular flexibility index (Phi) is 5.55. The number of benzene rings is 1. The number of anilines is 1. The molecule has 0 bridgehead atoms. The van der Waals surface area contributed by atoms with Gasteiger partial charge in [-0.2, -0.15) is 0 Å². The molecule has 0 aliphatic heterocycles. The zero-order valence-corrected chi connectivity index (χ0v) is 15.9. The van der Waals surface area contributed by atoms with E-state index in [-0.39, 0.29) is 16.8 Å². The van der Waals surface area contributed by atoms with E-state index in [1.165, 1.54) is 36.5 Å². The number of primary amides is 1. The summed E-state index contributed by atoms with van der Waals surface area (Å²) in [4.78, 5) is 36.5. The standard InChI is InChI=1S/C19H21N3O4S/c1-11-12(8-6-9-14(11)22(25)26)18(24)21-19-16(17(20)23)13-7-4-2-3-5-10-15(13)27-19/h6,8-9H,2-5,7,10H2,1H3,(H2,20,23)(H,21,24). The van der Waals surface area contributed by atoms with Crippen LogP contribution in [0.25, 0.3) is 0 Å². The van der Waals surface area contributed by atoms with E-state index in [9.17, 15) is 19.7 Å². The number of fused-ring (bicyclic) bond motifs is 1. The molecule has 2 amide bonds. The maximum atomic E-state index is 12.8. The van der Waals surface area contributed by atoms with Gasteiger partial charge >= 0.3 is 0 Å². The number of nitrogens with one attached hydrogen (secondary N) is 1. The second-order valence-corrected chi connectivity index (χ2v) is 7.75. The molecule has 8 heteroatoms.